The average molecular weight is 963 g/mol. The molecule has 0 atom stereocenters. The third-order valence-corrected chi connectivity index (χ3v) is 13.1. The Morgan fingerprint density at radius 1 is 0.462 bits per heavy atom. The fraction of sp³-hybridized carbons (Fsp3) is 0.538. The van der Waals surface area contributed by atoms with Crippen molar-refractivity contribution < 1.29 is 45.6 Å². The van der Waals surface area contributed by atoms with Crippen LogP contribution in [0, 0.1) is 0 Å². The van der Waals surface area contributed by atoms with Gasteiger partial charge in [-0.05, 0) is 91.4 Å². The van der Waals surface area contributed by atoms with Gasteiger partial charge in [-0.3, -0.25) is 4.55 Å². The third-order valence-electron chi connectivity index (χ3n) is 11.4. The molecular weight excluding hydrogens is 889 g/mol. The van der Waals surface area contributed by atoms with Crippen LogP contribution in [-0.2, 0) is 33.1 Å². The van der Waals surface area contributed by atoms with Crippen molar-refractivity contribution in [2.45, 2.75) is 191 Å². The van der Waals surface area contributed by atoms with Gasteiger partial charge < -0.3 is 24.2 Å². The molecule has 4 aromatic carbocycles. The molecule has 10 nitrogen and oxygen atoms in total. The first-order chi connectivity index (χ1) is 30.8. The van der Waals surface area contributed by atoms with Crippen LogP contribution in [0.25, 0.3) is 0 Å². The van der Waals surface area contributed by atoms with Gasteiger partial charge in [0.1, 0.15) is 27.4 Å². The second kappa shape index (κ2) is 33.6. The van der Waals surface area contributed by atoms with Crippen LogP contribution in [0.15, 0.2) is 94.7 Å². The van der Waals surface area contributed by atoms with E-state index in [2.05, 4.69) is 13.8 Å². The summed E-state index contributed by atoms with van der Waals surface area (Å²) in [7, 11) is -8.75. The Balaban J connectivity index is 0.000000440. The molecule has 0 spiro atoms. The fourth-order valence-electron chi connectivity index (χ4n) is 7.66. The van der Waals surface area contributed by atoms with E-state index in [0.29, 0.717) is 17.2 Å². The number of hydrogen-bond donors (Lipinski definition) is 2. The Bertz CT molecular complexity index is 1940. The quantitative estimate of drug-likeness (QED) is 0.0272. The maximum absolute atomic E-state index is 12.3. The molecule has 13 heteroatoms. The first kappa shape index (κ1) is 58.3. The van der Waals surface area contributed by atoms with Gasteiger partial charge in [0.2, 0.25) is 0 Å². The number of phenolic OH excluding ortho intramolecular Hbond substituents is 1. The summed E-state index contributed by atoms with van der Waals surface area (Å²) in [4.78, 5) is -0.518. The molecule has 2 N–H and O–H groups in total. The van der Waals surface area contributed by atoms with E-state index < -0.39 is 20.2 Å². The monoisotopic (exact) mass is 962 g/mol. The number of aryl methyl sites for hydroxylation is 2. The van der Waals surface area contributed by atoms with Crippen LogP contribution in [-0.4, -0.2) is 68.8 Å². The van der Waals surface area contributed by atoms with E-state index in [0.717, 1.165) is 49.7 Å². The van der Waals surface area contributed by atoms with Gasteiger partial charge >= 0.3 is 37.7 Å². The summed E-state index contributed by atoms with van der Waals surface area (Å²) in [6, 6.07) is 21.0. The van der Waals surface area contributed by atoms with E-state index in [1.165, 1.54) is 183 Å². The Hall–Kier alpha value is -2.84. The van der Waals surface area contributed by atoms with Gasteiger partial charge in [-0.2, -0.15) is 8.42 Å². The number of ether oxygens (including phenoxy) is 2. The molecule has 0 aliphatic carbocycles. The van der Waals surface area contributed by atoms with E-state index in [1.54, 1.807) is 18.2 Å². The topological polar surface area (TPSA) is 173 Å². The molecule has 0 aliphatic rings. The molecule has 65 heavy (non-hydrogen) atoms. The number of unbranched alkanes of at least 4 members (excludes halogenated alkanes) is 22. The molecule has 356 valence electrons. The van der Waals surface area contributed by atoms with Crippen molar-refractivity contribution in [2.75, 3.05) is 0 Å². The number of rotatable bonds is 32. The molecule has 0 bridgehead atoms. The molecule has 0 radical (unpaired) electrons. The molecule has 0 saturated heterocycles. The second-order valence-corrected chi connectivity index (χ2v) is 19.7. The summed E-state index contributed by atoms with van der Waals surface area (Å²) in [5.74, 6) is 1.25. The number of para-hydroxylation sites is 2. The second-order valence-electron chi connectivity index (χ2n) is 16.9. The van der Waals surface area contributed by atoms with Gasteiger partial charge in [0.05, 0.1) is 9.79 Å². The predicted octanol–water partition coefficient (Wildman–Crippen LogP) is 14.0. The van der Waals surface area contributed by atoms with E-state index >= 15 is 0 Å². The molecule has 0 saturated carbocycles. The minimum Gasteiger partial charge on any atom is -0.870 e. The van der Waals surface area contributed by atoms with Crippen LogP contribution in [0.2, 0.25) is 0 Å². The Morgan fingerprint density at radius 2 is 0.800 bits per heavy atom. The maximum atomic E-state index is 12.3. The molecule has 0 heterocycles. The summed E-state index contributed by atoms with van der Waals surface area (Å²) < 4.78 is 76.2. The SMILES string of the molecule is CCCCCCCCCCCCCCc1cccc(O)c1Oc1ccc(S(=O)(=O)O)cc1.CCCCCCCCCCCCCCc1cccc([O-])c1Oc1ccc(S(=O)(=O)[O-])cc1.[Ca+2]. The number of benzene rings is 4. The van der Waals surface area contributed by atoms with Crippen LogP contribution >= 0.6 is 0 Å². The molecule has 4 rings (SSSR count). The molecule has 0 fully saturated rings. The van der Waals surface area contributed by atoms with Gasteiger partial charge in [0.25, 0.3) is 10.1 Å². The molecule has 0 aliphatic heterocycles. The van der Waals surface area contributed by atoms with Crippen LogP contribution in [0.1, 0.15) is 179 Å². The summed E-state index contributed by atoms with van der Waals surface area (Å²) in [6.45, 7) is 4.50. The maximum Gasteiger partial charge on any atom is 2.00 e. The van der Waals surface area contributed by atoms with Crippen LogP contribution < -0.4 is 14.6 Å². The van der Waals surface area contributed by atoms with Crippen molar-refractivity contribution in [3.8, 4) is 34.5 Å². The largest absolute Gasteiger partial charge is 2.00 e. The normalized spacial score (nSPS) is 11.4. The number of aromatic hydroxyl groups is 1. The van der Waals surface area contributed by atoms with E-state index in [1.807, 2.05) is 12.1 Å². The smallest absolute Gasteiger partial charge is 0.870 e. The molecule has 0 amide bonds. The van der Waals surface area contributed by atoms with Crippen molar-refractivity contribution >= 4 is 58.0 Å². The Kier molecular flexibility index (Phi) is 30.1. The zero-order valence-electron chi connectivity index (χ0n) is 39.2. The number of phenols is 1. The fourth-order valence-corrected chi connectivity index (χ4v) is 8.61. The average Bonchev–Trinajstić information content (AvgIpc) is 3.26. The Morgan fingerprint density at radius 3 is 1.18 bits per heavy atom. The zero-order valence-corrected chi connectivity index (χ0v) is 43.0. The first-order valence-corrected chi connectivity index (χ1v) is 26.8. The van der Waals surface area contributed by atoms with E-state index in [-0.39, 0.29) is 64.8 Å². The van der Waals surface area contributed by atoms with Crippen molar-refractivity contribution in [3.63, 3.8) is 0 Å². The van der Waals surface area contributed by atoms with Crippen molar-refractivity contribution in [2.24, 2.45) is 0 Å². The molecule has 0 unspecified atom stereocenters. The van der Waals surface area contributed by atoms with Crippen molar-refractivity contribution in [3.05, 3.63) is 96.1 Å². The minimum atomic E-state index is -4.51. The van der Waals surface area contributed by atoms with Crippen LogP contribution in [0.4, 0.5) is 0 Å². The zero-order chi connectivity index (χ0) is 46.5. The predicted molar refractivity (Wildman–Crippen MR) is 260 cm³/mol. The molecule has 0 aromatic heterocycles. The minimum absolute atomic E-state index is 0. The standard InChI is InChI=1S/2C26H38O5S.Ca/c2*1-2-3-4-5-6-7-8-9-10-11-12-13-15-22-16-14-17-25(27)26(22)31-23-18-20-24(21-19-23)32(28,29)30;/h2*14,16-21,27H,2-13,15H2,1H3,(H,28,29,30);/q;;+2/p-2. The number of hydrogen-bond acceptors (Lipinski definition) is 9. The van der Waals surface area contributed by atoms with Gasteiger partial charge in [-0.25, -0.2) is 8.42 Å². The van der Waals surface area contributed by atoms with Crippen molar-refractivity contribution in [1.82, 2.24) is 0 Å². The summed E-state index contributed by atoms with van der Waals surface area (Å²) in [5, 5.41) is 22.6. The van der Waals surface area contributed by atoms with Crippen LogP contribution in [0.3, 0.4) is 0 Å². The van der Waals surface area contributed by atoms with Crippen molar-refractivity contribution in [1.29, 1.82) is 0 Å². The summed E-state index contributed by atoms with van der Waals surface area (Å²) in [6.07, 6.45) is 32.4. The first-order valence-electron chi connectivity index (χ1n) is 23.9. The summed E-state index contributed by atoms with van der Waals surface area (Å²) >= 11 is 0. The van der Waals surface area contributed by atoms with E-state index in [9.17, 15) is 31.6 Å². The van der Waals surface area contributed by atoms with Gasteiger partial charge in [0, 0.05) is 0 Å². The molecular formula is C52H74CaO10S2. The third kappa shape index (κ3) is 24.7. The van der Waals surface area contributed by atoms with Gasteiger partial charge in [0.15, 0.2) is 11.5 Å². The molecule has 4 aromatic rings. The summed E-state index contributed by atoms with van der Waals surface area (Å²) in [5.41, 5.74) is 1.78. The van der Waals surface area contributed by atoms with Gasteiger partial charge in [-0.15, -0.1) is 0 Å². The van der Waals surface area contributed by atoms with E-state index in [4.69, 9.17) is 14.0 Å². The Labute approximate surface area is 421 Å². The van der Waals surface area contributed by atoms with Gasteiger partial charge in [-0.1, -0.05) is 191 Å². The van der Waals surface area contributed by atoms with Crippen LogP contribution in [0.5, 0.6) is 34.5 Å².